The Balaban J connectivity index is 0.000000108. The number of carbonyl (C=O) groups excluding carboxylic acids is 5. The van der Waals surface area contributed by atoms with Gasteiger partial charge >= 0.3 is 6.36 Å². The number of amides is 5. The van der Waals surface area contributed by atoms with Crippen LogP contribution in [-0.2, 0) is 24.0 Å². The van der Waals surface area contributed by atoms with Crippen molar-refractivity contribution in [2.75, 3.05) is 59.6 Å². The molecule has 10 bridgehead atoms. The Hall–Kier alpha value is -15.7. The smallest absolute Gasteiger partial charge is 0.484 e. The summed E-state index contributed by atoms with van der Waals surface area (Å²) in [6.07, 6.45) is 25.0. The Kier molecular flexibility index (Phi) is 24.8. The van der Waals surface area contributed by atoms with Crippen molar-refractivity contribution in [1.82, 2.24) is 99.6 Å². The average Bonchev–Trinajstić information content (AvgIpc) is 0.793. The molecule has 0 saturated heterocycles. The molecule has 0 radical (unpaired) electrons. The number of hydrogen-bond donors (Lipinski definition) is 10. The molecule has 15 fully saturated rings. The van der Waals surface area contributed by atoms with Crippen LogP contribution in [-0.4, -0.2) is 197 Å². The summed E-state index contributed by atoms with van der Waals surface area (Å²) in [6, 6.07) is 30.8. The van der Waals surface area contributed by atoms with E-state index in [0.717, 1.165) is 200 Å². The fourth-order valence-electron chi connectivity index (χ4n) is 22.5. The fourth-order valence-corrected chi connectivity index (χ4v) is 22.8. The van der Waals surface area contributed by atoms with Crippen molar-refractivity contribution in [3.63, 3.8) is 0 Å². The first-order valence-electron chi connectivity index (χ1n) is 47.4. The van der Waals surface area contributed by atoms with E-state index in [2.05, 4.69) is 108 Å². The molecule has 15 aliphatic rings. The van der Waals surface area contributed by atoms with Crippen molar-refractivity contribution >= 4 is 110 Å². The molecular formula is C101H96Cl2F9N25O11. The molecule has 10 N–H and O–H groups in total. The van der Waals surface area contributed by atoms with Crippen LogP contribution in [0.15, 0.2) is 189 Å². The highest BCUT2D eigenvalue weighted by molar-refractivity contribution is 6.31. The molecule has 15 aromatic rings. The number of rotatable bonds is 31. The van der Waals surface area contributed by atoms with Crippen molar-refractivity contribution in [2.24, 2.45) is 0 Å². The topological polar surface area (TPSA) is 412 Å². The number of anilines is 5. The summed E-state index contributed by atoms with van der Waals surface area (Å²) < 4.78 is 155. The number of ether oxygens (including phenoxy) is 6. The van der Waals surface area contributed by atoms with Crippen LogP contribution in [0.3, 0.4) is 0 Å². The summed E-state index contributed by atoms with van der Waals surface area (Å²) >= 11 is 11.6. The molecule has 0 spiro atoms. The minimum absolute atomic E-state index is 0.00267. The van der Waals surface area contributed by atoms with E-state index in [1.807, 2.05) is 100 Å². The zero-order valence-corrected chi connectivity index (χ0v) is 81.4. The number of halogens is 11. The Morgan fingerprint density at radius 3 is 1.11 bits per heavy atom. The van der Waals surface area contributed by atoms with Gasteiger partial charge in [-0.05, 0) is 234 Å². The summed E-state index contributed by atoms with van der Waals surface area (Å²) in [4.78, 5) is 83.6. The Morgan fingerprint density at radius 1 is 0.351 bits per heavy atom. The first kappa shape index (κ1) is 98.3. The van der Waals surface area contributed by atoms with Crippen molar-refractivity contribution in [2.45, 2.75) is 193 Å². The molecule has 5 amide bonds. The highest BCUT2D eigenvalue weighted by Gasteiger charge is 2.73. The molecule has 30 rings (SSSR count). The lowest BCUT2D eigenvalue weighted by molar-refractivity contribution is -0.275. The third kappa shape index (κ3) is 20.5. The van der Waals surface area contributed by atoms with Gasteiger partial charge in [-0.25, -0.2) is 73.8 Å². The summed E-state index contributed by atoms with van der Waals surface area (Å²) in [7, 11) is 0. The van der Waals surface area contributed by atoms with Gasteiger partial charge in [-0.15, -0.1) is 13.2 Å². The maximum absolute atomic E-state index is 13.7. The van der Waals surface area contributed by atoms with Crippen LogP contribution in [0.25, 0.3) is 27.8 Å². The molecule has 47 heteroatoms. The molecule has 10 heterocycles. The van der Waals surface area contributed by atoms with Crippen molar-refractivity contribution in [1.29, 1.82) is 0 Å². The molecule has 0 aliphatic heterocycles. The summed E-state index contributed by atoms with van der Waals surface area (Å²) in [5, 5.41) is 54.9. The SMILES string of the molecule is Cc1cc(OCC(=O)NC23CC(Nc4ccn5nccc5n4)(C2)C3)ccc1Cl.Cc1cc2c(NC34CC(NC(=O)COc5cc(F)c(F)c(F)c5)(C3)C4)nccn2n1.Cc1cc2c(NC34CC(NC(=O)COc5ccc(F)cc5)(C3)C4)nccn2n1.Cc1cc2c(NC34CC(NC(=O)COc5ccc(OC(F)(F)F)c(F)c5)(C3)C4)nccn2n1.Cc1cnn2ccc(NC34CC(NC(=O)COc5ccc(Cl)c(F)c5)(C3)C4)nc12. The molecule has 0 atom stereocenters. The number of alkyl halides is 3. The van der Waals surface area contributed by atoms with Gasteiger partial charge in [-0.3, -0.25) is 24.0 Å². The standard InChI is InChI=1S/C21H19F4N5O3.C20H19ClFN5O2.C20H20ClN5O2.C20H18F3N5O2.C20H20FN5O2/c1-12-6-15-18(26-4-5-30(15)29-12)28-20-9-19(10-20,11-20)27-17(31)8-32-13-2-3-16(14(22)7-13)33-21(23,24)25;1-12-7-23-27-5-4-16(24-18(12)27)25-19-9-20(10-19,11-19)26-17(28)8-29-13-2-3-14(21)15(22)6-13;1-13-8-14(2-3-15(13)21)28-9-18(27)25-20-10-19(11-20,12-20)24-16-5-7-26-17(23-16)4-6-22-26;1-11-4-15-18(24-2-3-28(15)27-11)26-20-8-19(9-20,10-20)25-16(29)7-30-12-5-13(21)17(23)14(22)6-12;1-13-8-16-18(22-6-7-26(16)25-13)24-20-10-19(11-20,12-20)23-17(27)9-28-15-4-2-14(21)3-5-15/h2-7H,8-11H2,1H3,(H,26,28)(H,27,31);2-7H,8-11H2,1H3,(H,24,25)(H,26,28);2-8H,9-12H2,1H3,(H,23,24)(H,25,27);2-6H,7-10H2,1H3,(H,24,26)(H,25,29);2-8H,9-12H2,1H3,(H,22,24)(H,23,27). The summed E-state index contributed by atoms with van der Waals surface area (Å²) in [6.45, 7) is 8.61. The normalized spacial score (nSPS) is 24.4. The maximum atomic E-state index is 13.7. The second-order valence-electron chi connectivity index (χ2n) is 40.6. The van der Waals surface area contributed by atoms with Crippen LogP contribution < -0.4 is 81.6 Å². The van der Waals surface area contributed by atoms with E-state index in [4.69, 9.17) is 46.9 Å². The Bertz CT molecular complexity index is 7660. The van der Waals surface area contributed by atoms with Gasteiger partial charge in [0.2, 0.25) is 0 Å². The molecule has 148 heavy (non-hydrogen) atoms. The lowest BCUT2D eigenvalue weighted by atomic mass is 9.44. The van der Waals surface area contributed by atoms with Crippen molar-refractivity contribution in [3.05, 3.63) is 263 Å². The van der Waals surface area contributed by atoms with Gasteiger partial charge in [0, 0.05) is 146 Å². The minimum atomic E-state index is -5.00. The first-order chi connectivity index (χ1) is 70.5. The molecule has 5 aromatic carbocycles. The van der Waals surface area contributed by atoms with Gasteiger partial charge in [0.1, 0.15) is 68.6 Å². The molecular weight excluding hydrogens is 1980 g/mol. The molecule has 0 unspecified atom stereocenters. The molecule has 15 saturated carbocycles. The first-order valence-corrected chi connectivity index (χ1v) is 48.1. The molecule has 10 aromatic heterocycles. The predicted molar refractivity (Wildman–Crippen MR) is 520 cm³/mol. The van der Waals surface area contributed by atoms with Crippen LogP contribution in [0.5, 0.6) is 34.5 Å². The lowest BCUT2D eigenvalue weighted by Crippen LogP contribution is -2.81. The maximum Gasteiger partial charge on any atom is 0.573 e. The third-order valence-electron chi connectivity index (χ3n) is 28.2. The van der Waals surface area contributed by atoms with Crippen LogP contribution in [0, 0.1) is 69.5 Å². The number of fused-ring (bicyclic) bond motifs is 5. The fraction of sp³-hybridized carbons (Fsp3) is 0.356. The van der Waals surface area contributed by atoms with Crippen molar-refractivity contribution in [3.8, 4) is 34.5 Å². The van der Waals surface area contributed by atoms with E-state index in [1.54, 1.807) is 73.6 Å². The number of hydrogen-bond acceptors (Lipinski definition) is 26. The zero-order valence-electron chi connectivity index (χ0n) is 79.9. The third-order valence-corrected chi connectivity index (χ3v) is 29.0. The number of benzene rings is 5. The van der Waals surface area contributed by atoms with Crippen LogP contribution in [0.4, 0.5) is 68.6 Å². The van der Waals surface area contributed by atoms with Crippen molar-refractivity contribution < 1.29 is 91.9 Å². The largest absolute Gasteiger partial charge is 0.573 e. The van der Waals surface area contributed by atoms with Gasteiger partial charge in [0.15, 0.2) is 90.8 Å². The van der Waals surface area contributed by atoms with E-state index >= 15 is 0 Å². The zero-order chi connectivity index (χ0) is 103. The Morgan fingerprint density at radius 2 is 0.709 bits per heavy atom. The molecule has 768 valence electrons. The monoisotopic (exact) mass is 2080 g/mol. The van der Waals surface area contributed by atoms with Gasteiger partial charge in [0.25, 0.3) is 29.5 Å². The lowest BCUT2D eigenvalue weighted by Gasteiger charge is -2.70. The molecule has 36 nitrogen and oxygen atoms in total. The number of aryl methyl sites for hydroxylation is 5. The van der Waals surface area contributed by atoms with Crippen LogP contribution in [0.2, 0.25) is 10.0 Å². The van der Waals surface area contributed by atoms with Crippen LogP contribution in [0.1, 0.15) is 125 Å². The highest BCUT2D eigenvalue weighted by atomic mass is 35.5. The molecule has 15 aliphatic carbocycles. The second-order valence-corrected chi connectivity index (χ2v) is 41.4. The van der Waals surface area contributed by atoms with Gasteiger partial charge in [-0.2, -0.15) is 25.5 Å². The van der Waals surface area contributed by atoms with Gasteiger partial charge in [0.05, 0.1) is 34.5 Å². The van der Waals surface area contributed by atoms with E-state index in [1.165, 1.54) is 42.5 Å². The number of nitrogens with one attached hydrogen (secondary N) is 10. The minimum Gasteiger partial charge on any atom is -0.484 e. The van der Waals surface area contributed by atoms with E-state index in [0.29, 0.717) is 28.7 Å². The highest BCUT2D eigenvalue weighted by Crippen LogP contribution is 2.66. The Labute approximate surface area is 846 Å². The summed E-state index contributed by atoms with van der Waals surface area (Å²) in [5.41, 5.74) is 7.70. The number of aromatic nitrogens is 15. The predicted octanol–water partition coefficient (Wildman–Crippen LogP) is 14.6. The average molecular weight is 2080 g/mol. The van der Waals surface area contributed by atoms with Crippen LogP contribution >= 0.6 is 23.2 Å². The van der Waals surface area contributed by atoms with E-state index in [-0.39, 0.29) is 121 Å². The van der Waals surface area contributed by atoms with Gasteiger partial charge in [-0.1, -0.05) is 23.2 Å². The van der Waals surface area contributed by atoms with Gasteiger partial charge < -0.3 is 81.6 Å². The number of nitrogens with zero attached hydrogens (tertiary/aromatic N) is 15. The quantitative estimate of drug-likeness (QED) is 0.0142. The second kappa shape index (κ2) is 37.4. The van der Waals surface area contributed by atoms with E-state index < -0.39 is 66.2 Å². The van der Waals surface area contributed by atoms with E-state index in [9.17, 15) is 63.5 Å². The number of carbonyl (C=O) groups is 5. The summed E-state index contributed by atoms with van der Waals surface area (Å²) in [5.74, 6) is -3.67.